The summed E-state index contributed by atoms with van der Waals surface area (Å²) in [5.41, 5.74) is 4.82. The third-order valence-corrected chi connectivity index (χ3v) is 5.15. The highest BCUT2D eigenvalue weighted by Crippen LogP contribution is 2.29. The first-order chi connectivity index (χ1) is 12.3. The van der Waals surface area contributed by atoms with E-state index in [2.05, 4.69) is 74.1 Å². The molecule has 2 rings (SSSR count). The van der Waals surface area contributed by atoms with Gasteiger partial charge in [0.05, 0.1) is 10.5 Å². The average Bonchev–Trinajstić information content (AvgIpc) is 2.59. The third kappa shape index (κ3) is 5.34. The molecule has 0 aromatic heterocycles. The van der Waals surface area contributed by atoms with Crippen LogP contribution in [0.25, 0.3) is 0 Å². The quantitative estimate of drug-likeness (QED) is 0.614. The smallest absolute Gasteiger partial charge is 0.258 e. The first-order valence-electron chi connectivity index (χ1n) is 9.10. The molecule has 2 aromatic carbocycles. The van der Waals surface area contributed by atoms with Crippen LogP contribution in [0.1, 0.15) is 61.4 Å². The molecule has 0 radical (unpaired) electrons. The van der Waals surface area contributed by atoms with E-state index in [0.29, 0.717) is 11.7 Å². The topological polar surface area (TPSA) is 38.3 Å². The van der Waals surface area contributed by atoms with Gasteiger partial charge >= 0.3 is 0 Å². The first-order valence-corrected chi connectivity index (χ1v) is 9.89. The maximum Gasteiger partial charge on any atom is 0.258 e. The molecule has 0 aliphatic carbocycles. The number of rotatable bonds is 7. The van der Waals surface area contributed by atoms with E-state index in [1.54, 1.807) is 0 Å². The fourth-order valence-electron chi connectivity index (χ4n) is 2.99. The number of nitrogens with one attached hydrogen (secondary N) is 1. The predicted molar refractivity (Wildman–Crippen MR) is 111 cm³/mol. The van der Waals surface area contributed by atoms with Crippen LogP contribution in [0.4, 0.5) is 0 Å². The van der Waals surface area contributed by atoms with Crippen molar-refractivity contribution in [2.75, 3.05) is 6.61 Å². The largest absolute Gasteiger partial charge is 0.483 e. The Hall–Kier alpha value is -1.81. The summed E-state index contributed by atoms with van der Waals surface area (Å²) in [6.45, 7) is 10.5. The molecule has 0 heterocycles. The zero-order chi connectivity index (χ0) is 19.3. The summed E-state index contributed by atoms with van der Waals surface area (Å²) in [6.07, 6.45) is 0.836. The van der Waals surface area contributed by atoms with Crippen molar-refractivity contribution in [3.8, 4) is 5.75 Å². The molecule has 0 fully saturated rings. The lowest BCUT2D eigenvalue weighted by atomic mass is 9.97. The number of halogens is 1. The third-order valence-electron chi connectivity index (χ3n) is 4.53. The summed E-state index contributed by atoms with van der Waals surface area (Å²) < 4.78 is 6.58. The van der Waals surface area contributed by atoms with Gasteiger partial charge in [0.25, 0.3) is 5.91 Å². The van der Waals surface area contributed by atoms with E-state index in [4.69, 9.17) is 4.74 Å². The van der Waals surface area contributed by atoms with Gasteiger partial charge in [0.2, 0.25) is 0 Å². The van der Waals surface area contributed by atoms with Gasteiger partial charge in [-0.1, -0.05) is 50.6 Å². The first kappa shape index (κ1) is 20.5. The van der Waals surface area contributed by atoms with Gasteiger partial charge in [-0.25, -0.2) is 0 Å². The van der Waals surface area contributed by atoms with Crippen LogP contribution in [0.2, 0.25) is 0 Å². The lowest BCUT2D eigenvalue weighted by Crippen LogP contribution is -2.32. The summed E-state index contributed by atoms with van der Waals surface area (Å²) in [5, 5.41) is 3.08. The van der Waals surface area contributed by atoms with Crippen molar-refractivity contribution in [2.45, 2.75) is 53.0 Å². The number of carbonyl (C=O) groups excluding carboxylic acids is 1. The van der Waals surface area contributed by atoms with Crippen molar-refractivity contribution in [1.29, 1.82) is 0 Å². The standard InChI is InChI=1S/C22H28BrNO2/c1-6-20(18-9-7-15(4)11-16(18)5)24-22(25)13-26-21-10-8-17(14(2)3)12-19(21)23/h7-12,14,20H,6,13H2,1-5H3,(H,24,25). The number of benzene rings is 2. The summed E-state index contributed by atoms with van der Waals surface area (Å²) in [6, 6.07) is 12.3. The van der Waals surface area contributed by atoms with Gasteiger partial charge in [0.15, 0.2) is 6.61 Å². The minimum atomic E-state index is -0.114. The van der Waals surface area contributed by atoms with Crippen molar-refractivity contribution >= 4 is 21.8 Å². The Kier molecular flexibility index (Phi) is 7.27. The number of aryl methyl sites for hydroxylation is 2. The van der Waals surface area contributed by atoms with Gasteiger partial charge in [-0.15, -0.1) is 0 Å². The van der Waals surface area contributed by atoms with E-state index < -0.39 is 0 Å². The predicted octanol–water partition coefficient (Wildman–Crippen LogP) is 5.84. The van der Waals surface area contributed by atoms with Crippen LogP contribution in [0, 0.1) is 13.8 Å². The number of ether oxygens (including phenoxy) is 1. The van der Waals surface area contributed by atoms with Crippen molar-refractivity contribution in [2.24, 2.45) is 0 Å². The van der Waals surface area contributed by atoms with E-state index in [-0.39, 0.29) is 18.6 Å². The van der Waals surface area contributed by atoms with Crippen LogP contribution >= 0.6 is 15.9 Å². The zero-order valence-corrected chi connectivity index (χ0v) is 17.8. The number of hydrogen-bond donors (Lipinski definition) is 1. The van der Waals surface area contributed by atoms with Gasteiger partial charge in [-0.3, -0.25) is 4.79 Å². The fraction of sp³-hybridized carbons (Fsp3) is 0.409. The van der Waals surface area contributed by atoms with Crippen molar-refractivity contribution < 1.29 is 9.53 Å². The lowest BCUT2D eigenvalue weighted by molar-refractivity contribution is -0.123. The van der Waals surface area contributed by atoms with Crippen LogP contribution in [-0.2, 0) is 4.79 Å². The van der Waals surface area contributed by atoms with E-state index in [1.165, 1.54) is 16.7 Å². The van der Waals surface area contributed by atoms with Crippen LogP contribution < -0.4 is 10.1 Å². The molecule has 1 amide bonds. The molecule has 4 heteroatoms. The lowest BCUT2D eigenvalue weighted by Gasteiger charge is -2.20. The summed E-state index contributed by atoms with van der Waals surface area (Å²) >= 11 is 3.53. The normalized spacial score (nSPS) is 12.1. The molecule has 1 N–H and O–H groups in total. The monoisotopic (exact) mass is 417 g/mol. The van der Waals surface area contributed by atoms with Crippen LogP contribution in [0.15, 0.2) is 40.9 Å². The second-order valence-corrected chi connectivity index (χ2v) is 7.88. The van der Waals surface area contributed by atoms with Gasteiger partial charge in [-0.05, 0) is 70.9 Å². The van der Waals surface area contributed by atoms with Gasteiger partial charge in [0, 0.05) is 0 Å². The van der Waals surface area contributed by atoms with Crippen molar-refractivity contribution in [1.82, 2.24) is 5.32 Å². The van der Waals surface area contributed by atoms with E-state index in [0.717, 1.165) is 16.5 Å². The molecule has 140 valence electrons. The highest BCUT2D eigenvalue weighted by molar-refractivity contribution is 9.10. The molecule has 3 nitrogen and oxygen atoms in total. The molecule has 0 saturated heterocycles. The van der Waals surface area contributed by atoms with Gasteiger partial charge in [-0.2, -0.15) is 0 Å². The Morgan fingerprint density at radius 1 is 1.15 bits per heavy atom. The van der Waals surface area contributed by atoms with E-state index in [1.807, 2.05) is 18.2 Å². The maximum atomic E-state index is 12.4. The Morgan fingerprint density at radius 3 is 2.46 bits per heavy atom. The van der Waals surface area contributed by atoms with E-state index >= 15 is 0 Å². The fourth-order valence-corrected chi connectivity index (χ4v) is 3.50. The summed E-state index contributed by atoms with van der Waals surface area (Å²) in [7, 11) is 0. The zero-order valence-electron chi connectivity index (χ0n) is 16.2. The Bertz CT molecular complexity index is 771. The molecule has 2 aromatic rings. The van der Waals surface area contributed by atoms with Crippen molar-refractivity contribution in [3.05, 3.63) is 63.1 Å². The molecule has 0 aliphatic heterocycles. The summed E-state index contributed by atoms with van der Waals surface area (Å²) in [5.74, 6) is 1.02. The molecule has 1 atom stereocenters. The second kappa shape index (κ2) is 9.22. The van der Waals surface area contributed by atoms with Crippen LogP contribution in [0.3, 0.4) is 0 Å². The SMILES string of the molecule is CCC(NC(=O)COc1ccc(C(C)C)cc1Br)c1ccc(C)cc1C. The molecule has 0 bridgehead atoms. The second-order valence-electron chi connectivity index (χ2n) is 7.02. The van der Waals surface area contributed by atoms with Gasteiger partial charge < -0.3 is 10.1 Å². The number of amides is 1. The Labute approximate surface area is 165 Å². The molecule has 0 aliphatic rings. The molecule has 1 unspecified atom stereocenters. The molecule has 26 heavy (non-hydrogen) atoms. The summed E-state index contributed by atoms with van der Waals surface area (Å²) in [4.78, 5) is 12.4. The molecule has 0 saturated carbocycles. The number of carbonyl (C=O) groups is 1. The minimum Gasteiger partial charge on any atom is -0.483 e. The Morgan fingerprint density at radius 2 is 1.88 bits per heavy atom. The van der Waals surface area contributed by atoms with Crippen molar-refractivity contribution in [3.63, 3.8) is 0 Å². The molecular weight excluding hydrogens is 390 g/mol. The minimum absolute atomic E-state index is 0.00103. The van der Waals surface area contributed by atoms with Crippen LogP contribution in [-0.4, -0.2) is 12.5 Å². The maximum absolute atomic E-state index is 12.4. The number of hydrogen-bond acceptors (Lipinski definition) is 2. The molecule has 0 spiro atoms. The average molecular weight is 418 g/mol. The highest BCUT2D eigenvalue weighted by atomic mass is 79.9. The molecular formula is C22H28BrNO2. The van der Waals surface area contributed by atoms with Gasteiger partial charge in [0.1, 0.15) is 5.75 Å². The van der Waals surface area contributed by atoms with Crippen LogP contribution in [0.5, 0.6) is 5.75 Å². The van der Waals surface area contributed by atoms with E-state index in [9.17, 15) is 4.79 Å². The Balaban J connectivity index is 1.99. The highest BCUT2D eigenvalue weighted by Gasteiger charge is 2.16.